The van der Waals surface area contributed by atoms with Crippen molar-refractivity contribution in [3.05, 3.63) is 218 Å². The smallest absolute Gasteiger partial charge is 0.170 e. The summed E-state index contributed by atoms with van der Waals surface area (Å²) in [5.74, 6) is 3.86. The average molecular weight is 824 g/mol. The van der Waals surface area contributed by atoms with Gasteiger partial charge in [-0.05, 0) is 103 Å². The summed E-state index contributed by atoms with van der Waals surface area (Å²) in [7, 11) is 0. The monoisotopic (exact) mass is 822 g/mol. The maximum absolute atomic E-state index is 5.33. The molecule has 0 fully saturated rings. The molecule has 0 saturated carbocycles. The molecule has 0 amide bonds. The van der Waals surface area contributed by atoms with Gasteiger partial charge in [-0.15, -0.1) is 0 Å². The van der Waals surface area contributed by atoms with Crippen LogP contribution in [0.15, 0.2) is 181 Å². The third-order valence-electron chi connectivity index (χ3n) is 11.3. The molecule has 8 aromatic carbocycles. The van der Waals surface area contributed by atoms with E-state index in [0.29, 0.717) is 40.8 Å². The second-order valence-corrected chi connectivity index (χ2v) is 14.6. The number of nitrogens with zero attached hydrogens (tertiary/aromatic N) is 8. The molecule has 5 aliphatic heterocycles. The number of hydrogen-bond acceptors (Lipinski definition) is 7. The van der Waals surface area contributed by atoms with Gasteiger partial charge in [-0.25, -0.2) is 25.0 Å². The Morgan fingerprint density at radius 2 is 0.600 bits per heavy atom. The quantitative estimate of drug-likeness (QED) is 0.107. The minimum atomic E-state index is -0.583. The molecule has 0 aliphatic carbocycles. The summed E-state index contributed by atoms with van der Waals surface area (Å²) in [5, 5.41) is 14.0. The van der Waals surface area contributed by atoms with E-state index >= 15 is 0 Å². The van der Waals surface area contributed by atoms with Gasteiger partial charge in [0, 0.05) is 64.5 Å². The fourth-order valence-electron chi connectivity index (χ4n) is 8.54. The zero-order chi connectivity index (χ0) is 36.5. The second-order valence-electron chi connectivity index (χ2n) is 14.6. The van der Waals surface area contributed by atoms with Gasteiger partial charge in [0.25, 0.3) is 0 Å². The Balaban J connectivity index is 0.00000116. The number of hydrogen-bond donors (Lipinski definition) is 0. The standard InChI is InChI=1S/C48H25N8.3CH3.Zn/c1-2-10-26-18-34-33(17-25(26)9-1)41-49-42(34)54-44-37-21-29-13-5-6-14-30(29)22-38(37)46(51-44)56-48-40-24-32-16-8-7-15-31(32)23-39(40)47(52-48)55-45-36-20-28-12-4-3-11-27(28)19-35(36)43(50-45)53-41;;;;/h1-24,41H;3*1H3;/q4*-1;. The zero-order valence-electron chi connectivity index (χ0n) is 33.2. The van der Waals surface area contributed by atoms with Crippen LogP contribution in [0.25, 0.3) is 48.4 Å². The third-order valence-corrected chi connectivity index (χ3v) is 11.3. The molecule has 9 heteroatoms. The van der Waals surface area contributed by atoms with Crippen molar-refractivity contribution in [2.24, 2.45) is 34.9 Å². The number of amidine groups is 7. The van der Waals surface area contributed by atoms with Crippen LogP contribution in [0.4, 0.5) is 0 Å². The van der Waals surface area contributed by atoms with Crippen LogP contribution in [0.3, 0.4) is 0 Å². The van der Waals surface area contributed by atoms with Crippen LogP contribution in [0.2, 0.25) is 0 Å². The third kappa shape index (κ3) is 5.72. The summed E-state index contributed by atoms with van der Waals surface area (Å²) < 4.78 is 0. The predicted octanol–water partition coefficient (Wildman–Crippen LogP) is 11.4. The molecular formula is C51H34N8Zn-4. The van der Waals surface area contributed by atoms with Crippen LogP contribution >= 0.6 is 0 Å². The Morgan fingerprint density at radius 3 is 1.02 bits per heavy atom. The predicted molar refractivity (Wildman–Crippen MR) is 247 cm³/mol. The maximum Gasteiger partial charge on any atom is 0.170 e. The SMILES string of the molecule is [CH3-].[CH3-].[CH3-].[Zn].c1ccc2cc3c(cc2c1)C1=NC3=NC2N=C(N=C3N=C([N-]C4=NC(=N1)c1cc5ccccc5cc14)c1cc4ccccc4cc13)c1cc3ccccc3cc12. The summed E-state index contributed by atoms with van der Waals surface area (Å²) >= 11 is 0. The van der Waals surface area contributed by atoms with Gasteiger partial charge in [-0.3, -0.25) is 0 Å². The molecule has 0 saturated heterocycles. The summed E-state index contributed by atoms with van der Waals surface area (Å²) in [6.07, 6.45) is -0.583. The normalized spacial score (nSPS) is 16.1. The van der Waals surface area contributed by atoms with E-state index < -0.39 is 6.17 Å². The molecule has 13 rings (SSSR count). The molecule has 1 atom stereocenters. The van der Waals surface area contributed by atoms with Gasteiger partial charge in [0.05, 0.1) is 11.7 Å². The van der Waals surface area contributed by atoms with Crippen molar-refractivity contribution in [3.63, 3.8) is 0 Å². The molecule has 8 bridgehead atoms. The number of rotatable bonds is 0. The van der Waals surface area contributed by atoms with E-state index in [4.69, 9.17) is 40.3 Å². The maximum atomic E-state index is 5.33. The van der Waals surface area contributed by atoms with Gasteiger partial charge in [-0.2, -0.15) is 0 Å². The first kappa shape index (κ1) is 38.4. The van der Waals surface area contributed by atoms with E-state index in [0.717, 1.165) is 87.6 Å². The van der Waals surface area contributed by atoms with E-state index in [-0.39, 0.29) is 41.8 Å². The van der Waals surface area contributed by atoms with E-state index in [9.17, 15) is 0 Å². The summed E-state index contributed by atoms with van der Waals surface area (Å²) in [5.41, 5.74) is 7.24. The molecule has 284 valence electrons. The molecule has 1 unspecified atom stereocenters. The van der Waals surface area contributed by atoms with Gasteiger partial charge < -0.3 is 37.6 Å². The fraction of sp³-hybridized carbons (Fsp3) is 0.0196. The fourth-order valence-corrected chi connectivity index (χ4v) is 8.54. The molecule has 8 nitrogen and oxygen atoms in total. The second kappa shape index (κ2) is 14.3. The van der Waals surface area contributed by atoms with Crippen molar-refractivity contribution < 1.29 is 19.5 Å². The van der Waals surface area contributed by atoms with E-state index in [1.54, 1.807) is 0 Å². The molecule has 60 heavy (non-hydrogen) atoms. The summed E-state index contributed by atoms with van der Waals surface area (Å²) in [6, 6.07) is 50.6. The van der Waals surface area contributed by atoms with Gasteiger partial charge in [0.15, 0.2) is 23.7 Å². The van der Waals surface area contributed by atoms with Crippen molar-refractivity contribution in [1.82, 2.24) is 0 Å². The van der Waals surface area contributed by atoms with Crippen molar-refractivity contribution >= 4 is 83.9 Å². The van der Waals surface area contributed by atoms with Gasteiger partial charge in [0.2, 0.25) is 0 Å². The van der Waals surface area contributed by atoms with Crippen molar-refractivity contribution in [1.29, 1.82) is 0 Å². The van der Waals surface area contributed by atoms with Gasteiger partial charge >= 0.3 is 0 Å². The molecule has 0 N–H and O–H groups in total. The number of fused-ring (bicyclic) bond motifs is 20. The van der Waals surface area contributed by atoms with Crippen LogP contribution in [0.1, 0.15) is 50.7 Å². The van der Waals surface area contributed by atoms with Crippen molar-refractivity contribution in [2.45, 2.75) is 6.17 Å². The topological polar surface area (TPSA) is 101 Å². The Morgan fingerprint density at radius 1 is 0.317 bits per heavy atom. The van der Waals surface area contributed by atoms with E-state index in [1.165, 1.54) is 0 Å². The van der Waals surface area contributed by atoms with Crippen LogP contribution in [0.5, 0.6) is 0 Å². The molecule has 0 radical (unpaired) electrons. The van der Waals surface area contributed by atoms with Gasteiger partial charge in [0.1, 0.15) is 0 Å². The average Bonchev–Trinajstić information content (AvgIpc) is 3.95. The minimum Gasteiger partial charge on any atom is -0.358 e. The Labute approximate surface area is 360 Å². The van der Waals surface area contributed by atoms with Crippen LogP contribution in [-0.2, 0) is 19.5 Å². The van der Waals surface area contributed by atoms with Crippen molar-refractivity contribution in [2.75, 3.05) is 0 Å². The Hall–Kier alpha value is -7.09. The number of benzene rings is 8. The summed E-state index contributed by atoms with van der Waals surface area (Å²) in [4.78, 5) is 36.6. The molecule has 0 spiro atoms. The Kier molecular flexibility index (Phi) is 9.18. The summed E-state index contributed by atoms with van der Waals surface area (Å²) in [6.45, 7) is 0. The molecule has 5 heterocycles. The molecule has 8 aromatic rings. The van der Waals surface area contributed by atoms with Gasteiger partial charge in [-0.1, -0.05) is 97.1 Å². The van der Waals surface area contributed by atoms with Crippen LogP contribution < -0.4 is 0 Å². The van der Waals surface area contributed by atoms with Crippen LogP contribution in [0, 0.1) is 22.3 Å². The minimum absolute atomic E-state index is 0. The molecule has 0 aromatic heterocycles. The van der Waals surface area contributed by atoms with Crippen molar-refractivity contribution in [3.8, 4) is 0 Å². The first-order valence-corrected chi connectivity index (χ1v) is 18.6. The molecular weight excluding hydrogens is 790 g/mol. The van der Waals surface area contributed by atoms with E-state index in [2.05, 4.69) is 115 Å². The first-order valence-electron chi connectivity index (χ1n) is 18.6. The first-order chi connectivity index (χ1) is 27.7. The van der Waals surface area contributed by atoms with Crippen LogP contribution in [-0.4, -0.2) is 40.8 Å². The largest absolute Gasteiger partial charge is 0.358 e. The molecule has 5 aliphatic rings. The zero-order valence-corrected chi connectivity index (χ0v) is 36.2. The Bertz CT molecular complexity index is 3410. The number of aliphatic imine (C=N–C) groups is 7. The van der Waals surface area contributed by atoms with E-state index in [1.807, 2.05) is 30.3 Å².